The SMILES string of the molecule is CC1CCc2ccccc2N1C(=O)NCC[C@H](O)C(=O)O. The Labute approximate surface area is 123 Å². The molecule has 1 aromatic rings. The number of urea groups is 1. The first-order valence-electron chi connectivity index (χ1n) is 7.06. The highest BCUT2D eigenvalue weighted by Crippen LogP contribution is 2.30. The maximum Gasteiger partial charge on any atom is 0.332 e. The molecule has 0 radical (unpaired) electrons. The van der Waals surface area contributed by atoms with Crippen molar-refractivity contribution in [3.05, 3.63) is 29.8 Å². The van der Waals surface area contributed by atoms with Crippen LogP contribution in [0, 0.1) is 0 Å². The number of carbonyl (C=O) groups is 2. The van der Waals surface area contributed by atoms with Crippen molar-refractivity contribution in [2.45, 2.75) is 38.3 Å². The fourth-order valence-electron chi connectivity index (χ4n) is 2.52. The molecule has 1 heterocycles. The number of hydrogen-bond acceptors (Lipinski definition) is 3. The van der Waals surface area contributed by atoms with Crippen LogP contribution in [0.1, 0.15) is 25.3 Å². The number of amides is 2. The van der Waals surface area contributed by atoms with E-state index < -0.39 is 12.1 Å². The van der Waals surface area contributed by atoms with Gasteiger partial charge in [-0.05, 0) is 31.4 Å². The Bertz CT molecular complexity index is 532. The smallest absolute Gasteiger partial charge is 0.332 e. The summed E-state index contributed by atoms with van der Waals surface area (Å²) in [5.74, 6) is -1.28. The molecule has 6 nitrogen and oxygen atoms in total. The Balaban J connectivity index is 2.00. The van der Waals surface area contributed by atoms with Gasteiger partial charge in [-0.1, -0.05) is 18.2 Å². The third-order valence-electron chi connectivity index (χ3n) is 3.72. The number of fused-ring (bicyclic) bond motifs is 1. The molecule has 0 fully saturated rings. The van der Waals surface area contributed by atoms with Gasteiger partial charge in [0.25, 0.3) is 0 Å². The monoisotopic (exact) mass is 292 g/mol. The van der Waals surface area contributed by atoms with Crippen LogP contribution < -0.4 is 10.2 Å². The number of aliphatic hydroxyl groups is 1. The molecule has 21 heavy (non-hydrogen) atoms. The van der Waals surface area contributed by atoms with E-state index in [4.69, 9.17) is 5.11 Å². The summed E-state index contributed by atoms with van der Waals surface area (Å²) in [7, 11) is 0. The molecule has 2 atom stereocenters. The van der Waals surface area contributed by atoms with Gasteiger partial charge in [0.05, 0.1) is 0 Å². The normalized spacial score (nSPS) is 18.8. The van der Waals surface area contributed by atoms with Crippen molar-refractivity contribution in [3.8, 4) is 0 Å². The van der Waals surface area contributed by atoms with Crippen molar-refractivity contribution in [1.29, 1.82) is 0 Å². The maximum absolute atomic E-state index is 12.3. The molecule has 1 aromatic carbocycles. The minimum atomic E-state index is -1.45. The predicted octanol–water partition coefficient (Wildman–Crippen LogP) is 1.37. The first-order valence-corrected chi connectivity index (χ1v) is 7.06. The standard InChI is InChI=1S/C15H20N2O4/c1-10-6-7-11-4-2-3-5-12(11)17(10)15(21)16-9-8-13(18)14(19)20/h2-5,10,13,18H,6-9H2,1H3,(H,16,21)(H,19,20)/t10?,13-/m0/s1. The highest BCUT2D eigenvalue weighted by atomic mass is 16.4. The summed E-state index contributed by atoms with van der Waals surface area (Å²) >= 11 is 0. The second-order valence-corrected chi connectivity index (χ2v) is 5.26. The van der Waals surface area contributed by atoms with E-state index in [9.17, 15) is 14.7 Å². The van der Waals surface area contributed by atoms with E-state index >= 15 is 0 Å². The van der Waals surface area contributed by atoms with Crippen LogP contribution in [-0.4, -0.2) is 40.9 Å². The summed E-state index contributed by atoms with van der Waals surface area (Å²) in [4.78, 5) is 24.5. The van der Waals surface area contributed by atoms with Gasteiger partial charge in [-0.2, -0.15) is 0 Å². The molecule has 0 aliphatic carbocycles. The number of carbonyl (C=O) groups excluding carboxylic acids is 1. The number of para-hydroxylation sites is 1. The number of carboxylic acids is 1. The molecule has 2 amide bonds. The van der Waals surface area contributed by atoms with E-state index in [1.54, 1.807) is 4.90 Å². The van der Waals surface area contributed by atoms with Gasteiger partial charge in [0.1, 0.15) is 0 Å². The summed E-state index contributed by atoms with van der Waals surface area (Å²) in [6, 6.07) is 7.60. The van der Waals surface area contributed by atoms with Crippen LogP contribution in [-0.2, 0) is 11.2 Å². The van der Waals surface area contributed by atoms with Gasteiger partial charge in [0.2, 0.25) is 0 Å². The molecule has 0 bridgehead atoms. The first kappa shape index (κ1) is 15.3. The van der Waals surface area contributed by atoms with Crippen LogP contribution in [0.5, 0.6) is 0 Å². The Kier molecular flexibility index (Phi) is 4.80. The van der Waals surface area contributed by atoms with E-state index in [0.717, 1.165) is 24.1 Å². The van der Waals surface area contributed by atoms with Gasteiger partial charge in [0, 0.05) is 24.7 Å². The highest BCUT2D eigenvalue weighted by Gasteiger charge is 2.27. The van der Waals surface area contributed by atoms with Gasteiger partial charge in [-0.15, -0.1) is 0 Å². The fraction of sp³-hybridized carbons (Fsp3) is 0.467. The van der Waals surface area contributed by atoms with E-state index in [1.165, 1.54) is 0 Å². The van der Waals surface area contributed by atoms with Gasteiger partial charge in [-0.25, -0.2) is 9.59 Å². The lowest BCUT2D eigenvalue weighted by molar-refractivity contribution is -0.146. The third-order valence-corrected chi connectivity index (χ3v) is 3.72. The molecule has 0 saturated carbocycles. The Morgan fingerprint density at radius 2 is 2.14 bits per heavy atom. The molecule has 114 valence electrons. The second kappa shape index (κ2) is 6.58. The number of aryl methyl sites for hydroxylation is 1. The number of rotatable bonds is 4. The first-order chi connectivity index (χ1) is 10.0. The number of benzene rings is 1. The second-order valence-electron chi connectivity index (χ2n) is 5.26. The molecular weight excluding hydrogens is 272 g/mol. The maximum atomic E-state index is 12.3. The summed E-state index contributed by atoms with van der Waals surface area (Å²) in [6.45, 7) is 2.11. The molecule has 0 spiro atoms. The minimum absolute atomic E-state index is 0.00899. The van der Waals surface area contributed by atoms with E-state index in [-0.39, 0.29) is 25.0 Å². The highest BCUT2D eigenvalue weighted by molar-refractivity contribution is 5.93. The lowest BCUT2D eigenvalue weighted by atomic mass is 9.97. The number of nitrogens with one attached hydrogen (secondary N) is 1. The zero-order valence-electron chi connectivity index (χ0n) is 12.0. The van der Waals surface area contributed by atoms with Gasteiger partial charge in [-0.3, -0.25) is 4.90 Å². The summed E-state index contributed by atoms with van der Waals surface area (Å²) in [5, 5.41) is 20.5. The summed E-state index contributed by atoms with van der Waals surface area (Å²) < 4.78 is 0. The van der Waals surface area contributed by atoms with E-state index in [0.29, 0.717) is 0 Å². The van der Waals surface area contributed by atoms with Crippen molar-refractivity contribution < 1.29 is 19.8 Å². The molecule has 2 rings (SSSR count). The van der Waals surface area contributed by atoms with Crippen molar-refractivity contribution in [2.24, 2.45) is 0 Å². The molecule has 1 unspecified atom stereocenters. The average Bonchev–Trinajstić information content (AvgIpc) is 2.46. The van der Waals surface area contributed by atoms with Crippen molar-refractivity contribution in [3.63, 3.8) is 0 Å². The summed E-state index contributed by atoms with van der Waals surface area (Å²) in [5.41, 5.74) is 2.03. The number of anilines is 1. The van der Waals surface area contributed by atoms with Crippen LogP contribution in [0.2, 0.25) is 0 Å². The van der Waals surface area contributed by atoms with Crippen molar-refractivity contribution in [2.75, 3.05) is 11.4 Å². The van der Waals surface area contributed by atoms with Crippen LogP contribution in [0.15, 0.2) is 24.3 Å². The van der Waals surface area contributed by atoms with E-state index in [2.05, 4.69) is 5.32 Å². The van der Waals surface area contributed by atoms with Crippen molar-refractivity contribution in [1.82, 2.24) is 5.32 Å². The van der Waals surface area contributed by atoms with E-state index in [1.807, 2.05) is 31.2 Å². The Morgan fingerprint density at radius 1 is 1.43 bits per heavy atom. The third kappa shape index (κ3) is 3.52. The molecular formula is C15H20N2O4. The summed E-state index contributed by atoms with van der Waals surface area (Å²) in [6.07, 6.45) is 0.378. The number of aliphatic carboxylic acids is 1. The number of aliphatic hydroxyl groups excluding tert-OH is 1. The minimum Gasteiger partial charge on any atom is -0.479 e. The molecule has 6 heteroatoms. The zero-order chi connectivity index (χ0) is 15.4. The lowest BCUT2D eigenvalue weighted by Crippen LogP contribution is -2.48. The van der Waals surface area contributed by atoms with Crippen LogP contribution in [0.4, 0.5) is 10.5 Å². The fourth-order valence-corrected chi connectivity index (χ4v) is 2.52. The van der Waals surface area contributed by atoms with Gasteiger partial charge >= 0.3 is 12.0 Å². The van der Waals surface area contributed by atoms with Crippen molar-refractivity contribution >= 4 is 17.7 Å². The topological polar surface area (TPSA) is 89.9 Å². The van der Waals surface area contributed by atoms with Crippen LogP contribution in [0.25, 0.3) is 0 Å². The average molecular weight is 292 g/mol. The Morgan fingerprint density at radius 3 is 2.86 bits per heavy atom. The quantitative estimate of drug-likeness (QED) is 0.782. The number of carboxylic acid groups (broad SMARTS) is 1. The molecule has 1 aliphatic rings. The molecule has 0 saturated heterocycles. The molecule has 1 aliphatic heterocycles. The zero-order valence-corrected chi connectivity index (χ0v) is 12.0. The lowest BCUT2D eigenvalue weighted by Gasteiger charge is -2.35. The number of hydrogen-bond donors (Lipinski definition) is 3. The molecule has 0 aromatic heterocycles. The van der Waals surface area contributed by atoms with Gasteiger partial charge in [0.15, 0.2) is 6.10 Å². The largest absolute Gasteiger partial charge is 0.479 e. The van der Waals surface area contributed by atoms with Crippen LogP contribution >= 0.6 is 0 Å². The van der Waals surface area contributed by atoms with Gasteiger partial charge < -0.3 is 15.5 Å². The predicted molar refractivity (Wildman–Crippen MR) is 78.4 cm³/mol. The Hall–Kier alpha value is -2.08. The number of nitrogens with zero attached hydrogens (tertiary/aromatic N) is 1. The molecule has 3 N–H and O–H groups in total. The van der Waals surface area contributed by atoms with Crippen LogP contribution in [0.3, 0.4) is 0 Å².